The van der Waals surface area contributed by atoms with Crippen LogP contribution in [0.15, 0.2) is 10.2 Å². The standard InChI is InChI=1S/C4H4N6O3/c11-2-1-3(5-7-4(2)12)6-8-9-10(1)13/h6,8-9,13H. The van der Waals surface area contributed by atoms with Crippen LogP contribution in [0.25, 0.3) is 0 Å². The zero-order valence-corrected chi connectivity index (χ0v) is 6.11. The molecular weight excluding hydrogens is 180 g/mol. The zero-order valence-electron chi connectivity index (χ0n) is 6.11. The molecule has 0 atom stereocenters. The Hall–Kier alpha value is -2.32. The summed E-state index contributed by atoms with van der Waals surface area (Å²) in [6.07, 6.45) is 0. The lowest BCUT2D eigenvalue weighted by Gasteiger charge is -2.08. The summed E-state index contributed by atoms with van der Waals surface area (Å²) in [5, 5.41) is 22.3. The van der Waals surface area contributed by atoms with Gasteiger partial charge in [-0.05, 0) is 0 Å². The molecule has 4 N–H and O–H groups in total. The summed E-state index contributed by atoms with van der Waals surface area (Å²) in [6, 6.07) is 0. The smallest absolute Gasteiger partial charge is 0.338 e. The normalized spacial score (nSPS) is 14.5. The van der Waals surface area contributed by atoms with E-state index in [0.29, 0.717) is 4.85 Å². The fourth-order valence-electron chi connectivity index (χ4n) is 0.874. The van der Waals surface area contributed by atoms with Crippen molar-refractivity contribution in [2.75, 3.05) is 0 Å². The van der Waals surface area contributed by atoms with Gasteiger partial charge in [0.1, 0.15) is 0 Å². The second kappa shape index (κ2) is 2.33. The molecule has 1 aliphatic rings. The number of azo groups is 1. The van der Waals surface area contributed by atoms with Crippen molar-refractivity contribution in [2.45, 2.75) is 0 Å². The van der Waals surface area contributed by atoms with Crippen molar-refractivity contribution in [1.29, 1.82) is 0 Å². The minimum Gasteiger partial charge on any atom is -0.411 e. The van der Waals surface area contributed by atoms with Gasteiger partial charge in [-0.25, -0.2) is 5.21 Å². The van der Waals surface area contributed by atoms with Crippen LogP contribution in [0.4, 0.5) is 5.82 Å². The Morgan fingerprint density at radius 3 is 2.85 bits per heavy atom. The van der Waals surface area contributed by atoms with E-state index in [9.17, 15) is 9.59 Å². The molecule has 1 aromatic heterocycles. The van der Waals surface area contributed by atoms with Gasteiger partial charge in [-0.3, -0.25) is 14.7 Å². The molecule has 0 unspecified atom stereocenters. The summed E-state index contributed by atoms with van der Waals surface area (Å²) < 4.78 is 0. The quantitative estimate of drug-likeness (QED) is 0.324. The first-order valence-electron chi connectivity index (χ1n) is 3.20. The van der Waals surface area contributed by atoms with Crippen LogP contribution in [-0.4, -0.2) is 37.3 Å². The molecule has 0 spiro atoms. The highest BCUT2D eigenvalue weighted by Gasteiger charge is 2.28. The van der Waals surface area contributed by atoms with Gasteiger partial charge in [0.2, 0.25) is 5.82 Å². The molecule has 0 aromatic carbocycles. The third-order valence-electron chi connectivity index (χ3n) is 1.43. The monoisotopic (exact) mass is 184 g/mol. The number of hydrogen-bond donors (Lipinski definition) is 4. The van der Waals surface area contributed by atoms with Crippen molar-refractivity contribution in [3.8, 4) is 0 Å². The first kappa shape index (κ1) is 7.34. The first-order valence-corrected chi connectivity index (χ1v) is 3.20. The molecule has 9 nitrogen and oxygen atoms in total. The highest BCUT2D eigenvalue weighted by molar-refractivity contribution is 6.44. The Balaban J connectivity index is 2.74. The van der Waals surface area contributed by atoms with Crippen LogP contribution in [0.2, 0.25) is 0 Å². The maximum Gasteiger partial charge on any atom is 0.338 e. The summed E-state index contributed by atoms with van der Waals surface area (Å²) in [7, 11) is 0. The van der Waals surface area contributed by atoms with E-state index in [2.05, 4.69) is 25.8 Å². The van der Waals surface area contributed by atoms with Crippen molar-refractivity contribution in [3.05, 3.63) is 5.69 Å². The fraction of sp³-hybridized carbons (Fsp3) is 0. The lowest BCUT2D eigenvalue weighted by molar-refractivity contribution is -0.114. The van der Waals surface area contributed by atoms with Crippen LogP contribution in [-0.2, 0) is 4.79 Å². The van der Waals surface area contributed by atoms with E-state index in [-0.39, 0.29) is 11.5 Å². The third-order valence-corrected chi connectivity index (χ3v) is 1.43. The number of fused-ring (bicyclic) bond motifs is 1. The van der Waals surface area contributed by atoms with Crippen molar-refractivity contribution in [1.82, 2.24) is 20.4 Å². The van der Waals surface area contributed by atoms with Crippen LogP contribution < -0.4 is 0 Å². The van der Waals surface area contributed by atoms with E-state index in [0.717, 1.165) is 0 Å². The van der Waals surface area contributed by atoms with E-state index < -0.39 is 11.7 Å². The molecule has 0 bridgehead atoms. The topological polar surface area (TPSA) is 131 Å². The predicted molar refractivity (Wildman–Crippen MR) is 36.2 cm³/mol. The van der Waals surface area contributed by atoms with Crippen LogP contribution in [0.5, 0.6) is 0 Å². The molecule has 1 aromatic rings. The first-order chi connectivity index (χ1) is 6.20. The van der Waals surface area contributed by atoms with Gasteiger partial charge in [-0.1, -0.05) is 0 Å². The number of carbonyl (C=O) groups excluding carboxylic acids is 2. The van der Waals surface area contributed by atoms with E-state index >= 15 is 0 Å². The van der Waals surface area contributed by atoms with Crippen LogP contribution in [0, 0.1) is 0 Å². The van der Waals surface area contributed by atoms with E-state index in [4.69, 9.17) is 5.21 Å². The summed E-state index contributed by atoms with van der Waals surface area (Å²) in [6.45, 7) is 0. The molecule has 68 valence electrons. The Morgan fingerprint density at radius 1 is 1.31 bits per heavy atom. The third kappa shape index (κ3) is 0.937. The number of Topliss-reactive ketones (excluding diaryl/α,β-unsaturated/α-hetero) is 1. The van der Waals surface area contributed by atoms with E-state index in [1.165, 1.54) is 0 Å². The van der Waals surface area contributed by atoms with Gasteiger partial charge in [0.05, 0.1) is 0 Å². The van der Waals surface area contributed by atoms with Gasteiger partial charge in [0.25, 0.3) is 5.78 Å². The number of amides is 1. The van der Waals surface area contributed by atoms with Crippen molar-refractivity contribution < 1.29 is 14.8 Å². The van der Waals surface area contributed by atoms with Crippen LogP contribution in [0.1, 0.15) is 10.5 Å². The van der Waals surface area contributed by atoms with Gasteiger partial charge in [-0.2, -0.15) is 5.21 Å². The molecule has 0 fully saturated rings. The molecule has 1 aliphatic heterocycles. The number of nitrogens with one attached hydrogen (secondary N) is 3. The van der Waals surface area contributed by atoms with Gasteiger partial charge < -0.3 is 5.21 Å². The van der Waals surface area contributed by atoms with E-state index in [1.54, 1.807) is 0 Å². The molecule has 0 saturated carbocycles. The fourth-order valence-corrected chi connectivity index (χ4v) is 0.874. The summed E-state index contributed by atoms with van der Waals surface area (Å²) in [4.78, 5) is 22.2. The number of nitrogens with zero attached hydrogens (tertiary/aromatic N) is 3. The average Bonchev–Trinajstić information content (AvgIpc) is 2.12. The van der Waals surface area contributed by atoms with Crippen LogP contribution >= 0.6 is 0 Å². The SMILES string of the molecule is O=C1N=Nc2[nH][nH][nH]n(O)c2C1=O. The number of aromatic nitrogens is 4. The second-order valence-electron chi connectivity index (χ2n) is 2.21. The number of carbonyl (C=O) groups is 2. The van der Waals surface area contributed by atoms with Crippen molar-refractivity contribution in [2.24, 2.45) is 10.2 Å². The number of H-pyrrole nitrogens is 3. The minimum absolute atomic E-state index is 0.0224. The Labute approximate surface area is 69.7 Å². The molecule has 2 rings (SSSR count). The molecule has 13 heavy (non-hydrogen) atoms. The van der Waals surface area contributed by atoms with Crippen molar-refractivity contribution in [3.63, 3.8) is 0 Å². The molecule has 2 heterocycles. The molecule has 0 radical (unpaired) electrons. The van der Waals surface area contributed by atoms with Gasteiger partial charge in [0.15, 0.2) is 5.69 Å². The maximum atomic E-state index is 11.1. The van der Waals surface area contributed by atoms with Gasteiger partial charge in [0, 0.05) is 0 Å². The highest BCUT2D eigenvalue weighted by atomic mass is 16.5. The molecule has 0 saturated heterocycles. The second-order valence-corrected chi connectivity index (χ2v) is 2.21. The number of rotatable bonds is 0. The molecule has 9 heteroatoms. The van der Waals surface area contributed by atoms with Crippen LogP contribution in [0.3, 0.4) is 0 Å². The molecular formula is C4H4N6O3. The highest BCUT2D eigenvalue weighted by Crippen LogP contribution is 2.18. The molecule has 0 aliphatic carbocycles. The number of hydrogen-bond acceptors (Lipinski definition) is 4. The largest absolute Gasteiger partial charge is 0.411 e. The molecule has 1 amide bonds. The summed E-state index contributed by atoms with van der Waals surface area (Å²) in [5.41, 5.74) is -0.293. The zero-order chi connectivity index (χ0) is 9.42. The van der Waals surface area contributed by atoms with Gasteiger partial charge >= 0.3 is 5.91 Å². The average molecular weight is 184 g/mol. The van der Waals surface area contributed by atoms with Gasteiger partial charge in [-0.15, -0.1) is 15.1 Å². The predicted octanol–water partition coefficient (Wildman–Crippen LogP) is -0.359. The summed E-state index contributed by atoms with van der Waals surface area (Å²) in [5.74, 6) is -1.98. The number of aromatic amines is 3. The Morgan fingerprint density at radius 2 is 2.08 bits per heavy atom. The number of ketones is 1. The lowest BCUT2D eigenvalue weighted by Crippen LogP contribution is -2.23. The lowest BCUT2D eigenvalue weighted by atomic mass is 10.2. The minimum atomic E-state index is -1.02. The van der Waals surface area contributed by atoms with Crippen molar-refractivity contribution >= 4 is 17.5 Å². The Bertz CT molecular complexity index is 440. The van der Waals surface area contributed by atoms with E-state index in [1.807, 2.05) is 0 Å². The summed E-state index contributed by atoms with van der Waals surface area (Å²) >= 11 is 0. The Kier molecular flexibility index (Phi) is 1.32. The maximum absolute atomic E-state index is 11.1.